The van der Waals surface area contributed by atoms with Crippen LogP contribution in [0, 0.1) is 0 Å². The molecule has 0 N–H and O–H groups in total. The molecule has 0 bridgehead atoms. The number of nitrogens with zero attached hydrogens (tertiary/aromatic N) is 6. The summed E-state index contributed by atoms with van der Waals surface area (Å²) in [6.45, 7) is 0. The number of rotatable bonds is 8. The normalized spacial score (nSPS) is 11.5. The summed E-state index contributed by atoms with van der Waals surface area (Å²) in [6, 6.07) is 81.5. The number of aromatic nitrogens is 6. The average molecular weight is 869 g/mol. The lowest BCUT2D eigenvalue weighted by molar-refractivity contribution is 1.03. The molecule has 0 atom stereocenters. The van der Waals surface area contributed by atoms with E-state index < -0.39 is 0 Å². The largest absolute Gasteiger partial charge is 0.276 e. The van der Waals surface area contributed by atoms with Crippen molar-refractivity contribution in [3.8, 4) is 78.9 Å². The summed E-state index contributed by atoms with van der Waals surface area (Å²) in [4.78, 5) is 20.0. The van der Waals surface area contributed by atoms with Gasteiger partial charge in [0.1, 0.15) is 23.3 Å². The fourth-order valence-corrected chi connectivity index (χ4v) is 9.94. The van der Waals surface area contributed by atoms with Crippen molar-refractivity contribution >= 4 is 43.6 Å². The maximum absolute atomic E-state index is 5.27. The zero-order chi connectivity index (χ0) is 45.0. The molecule has 0 saturated heterocycles. The first-order chi connectivity index (χ1) is 33.7. The molecule has 0 spiro atoms. The van der Waals surface area contributed by atoms with Gasteiger partial charge in [0.05, 0.1) is 22.1 Å². The molecule has 318 valence electrons. The van der Waals surface area contributed by atoms with Gasteiger partial charge >= 0.3 is 0 Å². The standard InChI is InChI=1S/C62H40N6/c1-5-17-41(18-6-1)59-49-31-27-46(48-30-34-56-54(40-48)66-62(44-23-11-4-12-24-44)68(56)58-26-14-16-36-64-58)38-52(49)60(42-19-7-2-8-20-42)50-32-28-45(37-51(50)59)47-29-33-55-53(39-47)65-61(43-21-9-3-10-22-43)67(55)57-25-13-15-35-63-57/h1-40H. The van der Waals surface area contributed by atoms with Crippen molar-refractivity contribution in [3.05, 3.63) is 243 Å². The van der Waals surface area contributed by atoms with Gasteiger partial charge < -0.3 is 0 Å². The van der Waals surface area contributed by atoms with Gasteiger partial charge in [-0.2, -0.15) is 0 Å². The monoisotopic (exact) mass is 868 g/mol. The van der Waals surface area contributed by atoms with Crippen molar-refractivity contribution in [2.45, 2.75) is 0 Å². The summed E-state index contributed by atoms with van der Waals surface area (Å²) >= 11 is 0. The molecule has 68 heavy (non-hydrogen) atoms. The van der Waals surface area contributed by atoms with E-state index >= 15 is 0 Å². The third-order valence-electron chi connectivity index (χ3n) is 13.0. The molecule has 0 saturated carbocycles. The fraction of sp³-hybridized carbons (Fsp3) is 0. The Morgan fingerprint density at radius 1 is 0.265 bits per heavy atom. The summed E-state index contributed by atoms with van der Waals surface area (Å²) in [7, 11) is 0. The van der Waals surface area contributed by atoms with Crippen LogP contribution in [0.5, 0.6) is 0 Å². The summed E-state index contributed by atoms with van der Waals surface area (Å²) in [5.74, 6) is 3.38. The van der Waals surface area contributed by atoms with Crippen LogP contribution in [0.15, 0.2) is 243 Å². The van der Waals surface area contributed by atoms with Crippen LogP contribution >= 0.6 is 0 Å². The van der Waals surface area contributed by atoms with Crippen LogP contribution in [0.1, 0.15) is 0 Å². The molecule has 13 aromatic rings. The van der Waals surface area contributed by atoms with Crippen molar-refractivity contribution in [3.63, 3.8) is 0 Å². The average Bonchev–Trinajstić information content (AvgIpc) is 4.00. The lowest BCUT2D eigenvalue weighted by atomic mass is 9.84. The molecule has 9 aromatic carbocycles. The van der Waals surface area contributed by atoms with Gasteiger partial charge in [0.25, 0.3) is 0 Å². The van der Waals surface area contributed by atoms with Crippen molar-refractivity contribution in [1.82, 2.24) is 29.1 Å². The van der Waals surface area contributed by atoms with Crippen LogP contribution < -0.4 is 0 Å². The molecule has 0 aliphatic heterocycles. The molecular formula is C62H40N6. The zero-order valence-corrected chi connectivity index (χ0v) is 36.8. The smallest absolute Gasteiger partial charge is 0.146 e. The van der Waals surface area contributed by atoms with E-state index in [-0.39, 0.29) is 0 Å². The van der Waals surface area contributed by atoms with E-state index in [0.717, 1.165) is 78.7 Å². The molecule has 4 heterocycles. The second-order valence-electron chi connectivity index (χ2n) is 17.1. The van der Waals surface area contributed by atoms with Crippen LogP contribution in [-0.2, 0) is 0 Å². The van der Waals surface area contributed by atoms with E-state index in [1.807, 2.05) is 60.9 Å². The second-order valence-corrected chi connectivity index (χ2v) is 17.1. The minimum absolute atomic E-state index is 0.831. The highest BCUT2D eigenvalue weighted by Gasteiger charge is 2.21. The molecule has 0 unspecified atom stereocenters. The van der Waals surface area contributed by atoms with Gasteiger partial charge in [-0.15, -0.1) is 0 Å². The van der Waals surface area contributed by atoms with Crippen molar-refractivity contribution < 1.29 is 0 Å². The highest BCUT2D eigenvalue weighted by Crippen LogP contribution is 2.46. The summed E-state index contributed by atoms with van der Waals surface area (Å²) in [6.07, 6.45) is 3.66. The summed E-state index contributed by atoms with van der Waals surface area (Å²) in [5, 5.41) is 4.75. The second kappa shape index (κ2) is 16.3. The number of fused-ring (bicyclic) bond motifs is 4. The molecule has 6 heteroatoms. The molecule has 0 aliphatic rings. The topological polar surface area (TPSA) is 61.4 Å². The first-order valence-electron chi connectivity index (χ1n) is 22.9. The van der Waals surface area contributed by atoms with E-state index in [9.17, 15) is 0 Å². The van der Waals surface area contributed by atoms with Crippen molar-refractivity contribution in [2.75, 3.05) is 0 Å². The first kappa shape index (κ1) is 39.1. The van der Waals surface area contributed by atoms with Crippen LogP contribution in [0.25, 0.3) is 123 Å². The van der Waals surface area contributed by atoms with Crippen molar-refractivity contribution in [1.29, 1.82) is 0 Å². The number of hydrogen-bond acceptors (Lipinski definition) is 4. The highest BCUT2D eigenvalue weighted by molar-refractivity contribution is 6.22. The zero-order valence-electron chi connectivity index (χ0n) is 36.8. The molecule has 0 amide bonds. The van der Waals surface area contributed by atoms with E-state index in [1.165, 1.54) is 43.8 Å². The summed E-state index contributed by atoms with van der Waals surface area (Å²) < 4.78 is 4.31. The van der Waals surface area contributed by atoms with Gasteiger partial charge in [0.2, 0.25) is 0 Å². The minimum Gasteiger partial charge on any atom is -0.276 e. The number of imidazole rings is 2. The van der Waals surface area contributed by atoms with Gasteiger partial charge in [-0.3, -0.25) is 9.13 Å². The molecule has 0 radical (unpaired) electrons. The molecule has 0 aliphatic carbocycles. The van der Waals surface area contributed by atoms with Gasteiger partial charge in [-0.05, 0) is 127 Å². The van der Waals surface area contributed by atoms with Crippen LogP contribution in [0.3, 0.4) is 0 Å². The summed E-state index contributed by atoms with van der Waals surface area (Å²) in [5.41, 5.74) is 15.0. The van der Waals surface area contributed by atoms with E-state index in [1.54, 1.807) is 0 Å². The number of benzene rings is 9. The van der Waals surface area contributed by atoms with Crippen molar-refractivity contribution in [2.24, 2.45) is 0 Å². The van der Waals surface area contributed by atoms with Crippen LogP contribution in [0.4, 0.5) is 0 Å². The SMILES string of the molecule is c1ccc(-c2c3ccc(-c4ccc5c(c4)nc(-c4ccccc4)n5-c4ccccn4)cc3c(-c3ccccc3)c3ccc(-c4ccc5c(c4)nc(-c4ccccc4)n5-c4ccccn4)cc23)cc1. The van der Waals surface area contributed by atoms with Gasteiger partial charge in [0, 0.05) is 23.5 Å². The Kier molecular flexibility index (Phi) is 9.39. The Morgan fingerprint density at radius 2 is 0.618 bits per heavy atom. The molecule has 0 fully saturated rings. The molecular weight excluding hydrogens is 829 g/mol. The highest BCUT2D eigenvalue weighted by atomic mass is 15.1. The minimum atomic E-state index is 0.831. The van der Waals surface area contributed by atoms with E-state index in [4.69, 9.17) is 19.9 Å². The number of hydrogen-bond donors (Lipinski definition) is 0. The van der Waals surface area contributed by atoms with Crippen LogP contribution in [-0.4, -0.2) is 29.1 Å². The Balaban J connectivity index is 1.01. The van der Waals surface area contributed by atoms with Gasteiger partial charge in [-0.1, -0.05) is 170 Å². The fourth-order valence-electron chi connectivity index (χ4n) is 9.94. The lowest BCUT2D eigenvalue weighted by Crippen LogP contribution is -1.99. The third kappa shape index (κ3) is 6.66. The van der Waals surface area contributed by atoms with Crippen LogP contribution in [0.2, 0.25) is 0 Å². The molecule has 6 nitrogen and oxygen atoms in total. The Morgan fingerprint density at radius 3 is 1.00 bits per heavy atom. The molecule has 13 rings (SSSR count). The third-order valence-corrected chi connectivity index (χ3v) is 13.0. The molecule has 4 aromatic heterocycles. The maximum atomic E-state index is 5.27. The predicted molar refractivity (Wildman–Crippen MR) is 279 cm³/mol. The quantitative estimate of drug-likeness (QED) is 0.143. The Labute approximate surface area is 392 Å². The lowest BCUT2D eigenvalue weighted by Gasteiger charge is -2.19. The van der Waals surface area contributed by atoms with Gasteiger partial charge in [0.15, 0.2) is 0 Å². The maximum Gasteiger partial charge on any atom is 0.146 e. The first-order valence-corrected chi connectivity index (χ1v) is 22.9. The Bertz CT molecular complexity index is 3720. The Hall–Kier alpha value is -9.26. The number of pyridine rings is 2. The van der Waals surface area contributed by atoms with E-state index in [0.29, 0.717) is 0 Å². The van der Waals surface area contributed by atoms with E-state index in [2.05, 4.69) is 191 Å². The van der Waals surface area contributed by atoms with Gasteiger partial charge in [-0.25, -0.2) is 19.9 Å². The predicted octanol–water partition coefficient (Wildman–Crippen LogP) is 15.5.